The highest BCUT2D eigenvalue weighted by molar-refractivity contribution is 8.13. The van der Waals surface area contributed by atoms with Gasteiger partial charge in [0, 0.05) is 28.2 Å². The lowest BCUT2D eigenvalue weighted by Gasteiger charge is -1.87. The van der Waals surface area contributed by atoms with Crippen molar-refractivity contribution in [2.45, 2.75) is 5.09 Å². The van der Waals surface area contributed by atoms with E-state index in [0.717, 1.165) is 6.07 Å². The molecule has 0 amide bonds. The van der Waals surface area contributed by atoms with Crippen molar-refractivity contribution < 1.29 is 17.2 Å². The summed E-state index contributed by atoms with van der Waals surface area (Å²) in [5.41, 5.74) is 0.157. The summed E-state index contributed by atoms with van der Waals surface area (Å²) in [5.74, 6) is -0.495. The van der Waals surface area contributed by atoms with Gasteiger partial charge in [0.2, 0.25) is 5.09 Å². The zero-order valence-electron chi connectivity index (χ0n) is 6.70. The van der Waals surface area contributed by atoms with E-state index in [1.54, 1.807) is 0 Å². The minimum atomic E-state index is -3.89. The molecule has 0 unspecified atom stereocenters. The molecule has 2 aromatic rings. The summed E-state index contributed by atoms with van der Waals surface area (Å²) in [6.07, 6.45) is 0. The maximum atomic E-state index is 12.7. The number of hydrogen-bond acceptors (Lipinski definition) is 3. The minimum absolute atomic E-state index is 0.157. The summed E-state index contributed by atoms with van der Waals surface area (Å²) in [7, 11) is 1.16. The summed E-state index contributed by atoms with van der Waals surface area (Å²) in [4.78, 5) is 0. The van der Waals surface area contributed by atoms with Crippen molar-refractivity contribution in [2.24, 2.45) is 0 Å². The fourth-order valence-electron chi connectivity index (χ4n) is 1.10. The largest absolute Gasteiger partial charge is 0.443 e. The second kappa shape index (κ2) is 2.96. The SMILES string of the molecule is O=S(=O)(Cl)c1cc2ccc(F)cc2o1. The lowest BCUT2D eigenvalue weighted by atomic mass is 10.2. The molecule has 1 aromatic carbocycles. The third-order valence-corrected chi connectivity index (χ3v) is 2.84. The number of halogens is 2. The van der Waals surface area contributed by atoms with Crippen molar-refractivity contribution in [3.05, 3.63) is 30.1 Å². The Kier molecular flexibility index (Phi) is 2.01. The van der Waals surface area contributed by atoms with E-state index in [9.17, 15) is 12.8 Å². The Labute approximate surface area is 83.5 Å². The third-order valence-electron chi connectivity index (χ3n) is 1.70. The predicted molar refractivity (Wildman–Crippen MR) is 49.2 cm³/mol. The zero-order chi connectivity index (χ0) is 10.3. The Bertz CT molecular complexity index is 588. The lowest BCUT2D eigenvalue weighted by Crippen LogP contribution is -1.84. The van der Waals surface area contributed by atoms with E-state index in [2.05, 4.69) is 0 Å². The van der Waals surface area contributed by atoms with Crippen molar-refractivity contribution in [1.82, 2.24) is 0 Å². The molecular formula is C8H4ClFO3S. The van der Waals surface area contributed by atoms with Crippen LogP contribution >= 0.6 is 10.7 Å². The Morgan fingerprint density at radius 1 is 1.29 bits per heavy atom. The number of hydrogen-bond donors (Lipinski definition) is 0. The van der Waals surface area contributed by atoms with Gasteiger partial charge in [-0.1, -0.05) is 0 Å². The van der Waals surface area contributed by atoms with Crippen LogP contribution in [0.15, 0.2) is 33.8 Å². The van der Waals surface area contributed by atoms with E-state index in [1.807, 2.05) is 0 Å². The van der Waals surface area contributed by atoms with Crippen molar-refractivity contribution in [3.8, 4) is 0 Å². The Morgan fingerprint density at radius 3 is 2.64 bits per heavy atom. The van der Waals surface area contributed by atoms with Gasteiger partial charge in [-0.05, 0) is 12.1 Å². The second-order valence-electron chi connectivity index (χ2n) is 2.69. The Morgan fingerprint density at radius 2 is 2.00 bits per heavy atom. The molecule has 0 aliphatic carbocycles. The van der Waals surface area contributed by atoms with Crippen molar-refractivity contribution in [2.75, 3.05) is 0 Å². The highest BCUT2D eigenvalue weighted by Crippen LogP contribution is 2.25. The van der Waals surface area contributed by atoms with Crippen LogP contribution in [0.4, 0.5) is 4.39 Å². The first-order valence-corrected chi connectivity index (χ1v) is 5.91. The molecule has 14 heavy (non-hydrogen) atoms. The number of fused-ring (bicyclic) bond motifs is 1. The van der Waals surface area contributed by atoms with Gasteiger partial charge in [-0.25, -0.2) is 12.8 Å². The smallest absolute Gasteiger partial charge is 0.294 e. The van der Waals surface area contributed by atoms with Crippen LogP contribution in [0.25, 0.3) is 11.0 Å². The van der Waals surface area contributed by atoms with E-state index >= 15 is 0 Å². The molecule has 1 aromatic heterocycles. The fourth-order valence-corrected chi connectivity index (χ4v) is 1.79. The number of benzene rings is 1. The van der Waals surface area contributed by atoms with Crippen LogP contribution in [0.1, 0.15) is 0 Å². The van der Waals surface area contributed by atoms with Gasteiger partial charge in [-0.2, -0.15) is 0 Å². The molecule has 6 heteroatoms. The Balaban J connectivity index is 2.75. The van der Waals surface area contributed by atoms with Crippen molar-refractivity contribution >= 4 is 30.7 Å². The molecule has 0 aliphatic rings. The summed E-state index contributed by atoms with van der Waals surface area (Å²) < 4.78 is 39.3. The highest BCUT2D eigenvalue weighted by Gasteiger charge is 2.16. The van der Waals surface area contributed by atoms with Gasteiger partial charge in [-0.3, -0.25) is 0 Å². The summed E-state index contributed by atoms with van der Waals surface area (Å²) >= 11 is 0. The van der Waals surface area contributed by atoms with Gasteiger partial charge in [0.15, 0.2) is 0 Å². The van der Waals surface area contributed by atoms with Crippen LogP contribution < -0.4 is 0 Å². The molecule has 2 rings (SSSR count). The van der Waals surface area contributed by atoms with Gasteiger partial charge >= 0.3 is 0 Å². The monoisotopic (exact) mass is 234 g/mol. The molecule has 1 heterocycles. The molecule has 74 valence electrons. The fraction of sp³-hybridized carbons (Fsp3) is 0. The summed E-state index contributed by atoms with van der Waals surface area (Å²) in [6.45, 7) is 0. The molecule has 0 saturated carbocycles. The van der Waals surface area contributed by atoms with E-state index < -0.39 is 14.9 Å². The molecule has 0 fully saturated rings. The maximum Gasteiger partial charge on any atom is 0.294 e. The number of furan rings is 1. The van der Waals surface area contributed by atoms with Gasteiger partial charge in [0.25, 0.3) is 9.05 Å². The summed E-state index contributed by atoms with van der Waals surface area (Å²) in [5, 5.41) is 0.116. The second-order valence-corrected chi connectivity index (χ2v) is 5.18. The van der Waals surface area contributed by atoms with Crippen LogP contribution in [-0.4, -0.2) is 8.42 Å². The van der Waals surface area contributed by atoms with Crippen LogP contribution in [0, 0.1) is 5.82 Å². The topological polar surface area (TPSA) is 47.3 Å². The average molecular weight is 235 g/mol. The molecule has 0 radical (unpaired) electrons. The normalized spacial score (nSPS) is 12.1. The molecule has 0 spiro atoms. The molecule has 0 N–H and O–H groups in total. The molecule has 0 aliphatic heterocycles. The first kappa shape index (κ1) is 9.48. The standard InChI is InChI=1S/C8H4ClFO3S/c9-14(11,12)8-3-5-1-2-6(10)4-7(5)13-8/h1-4H. The zero-order valence-corrected chi connectivity index (χ0v) is 8.27. The molecule has 3 nitrogen and oxygen atoms in total. The quantitative estimate of drug-likeness (QED) is 0.713. The van der Waals surface area contributed by atoms with Gasteiger partial charge in [0.05, 0.1) is 0 Å². The van der Waals surface area contributed by atoms with Crippen molar-refractivity contribution in [3.63, 3.8) is 0 Å². The first-order chi connectivity index (χ1) is 6.47. The van der Waals surface area contributed by atoms with Gasteiger partial charge in [-0.15, -0.1) is 0 Å². The van der Waals surface area contributed by atoms with Crippen LogP contribution in [0.3, 0.4) is 0 Å². The van der Waals surface area contributed by atoms with Gasteiger partial charge in [0.1, 0.15) is 11.4 Å². The highest BCUT2D eigenvalue weighted by atomic mass is 35.7. The third kappa shape index (κ3) is 1.60. The van der Waals surface area contributed by atoms with Crippen LogP contribution in [0.5, 0.6) is 0 Å². The molecule has 0 bridgehead atoms. The van der Waals surface area contributed by atoms with Crippen LogP contribution in [-0.2, 0) is 9.05 Å². The molecule has 0 atom stereocenters. The van der Waals surface area contributed by atoms with Crippen molar-refractivity contribution in [1.29, 1.82) is 0 Å². The van der Waals surface area contributed by atoms with Gasteiger partial charge < -0.3 is 4.42 Å². The molecular weight excluding hydrogens is 231 g/mol. The average Bonchev–Trinajstić information content (AvgIpc) is 2.45. The Hall–Kier alpha value is -1.07. The van der Waals surface area contributed by atoms with E-state index in [4.69, 9.17) is 15.1 Å². The van der Waals surface area contributed by atoms with Crippen LogP contribution in [0.2, 0.25) is 0 Å². The minimum Gasteiger partial charge on any atom is -0.443 e. The predicted octanol–water partition coefficient (Wildman–Crippen LogP) is 2.50. The lowest BCUT2D eigenvalue weighted by molar-refractivity contribution is 0.486. The number of rotatable bonds is 1. The van der Waals surface area contributed by atoms with E-state index in [1.165, 1.54) is 18.2 Å². The maximum absolute atomic E-state index is 12.7. The summed E-state index contributed by atoms with van der Waals surface area (Å²) in [6, 6.07) is 4.97. The van der Waals surface area contributed by atoms with E-state index in [0.29, 0.717) is 5.39 Å². The van der Waals surface area contributed by atoms with E-state index in [-0.39, 0.29) is 10.7 Å². The first-order valence-electron chi connectivity index (χ1n) is 3.60. The molecule has 0 saturated heterocycles.